The van der Waals surface area contributed by atoms with E-state index in [1.165, 1.54) is 0 Å². The second kappa shape index (κ2) is 15.5. The van der Waals surface area contributed by atoms with Gasteiger partial charge in [0, 0.05) is 51.3 Å². The number of fused-ring (bicyclic) bond motifs is 15. The van der Waals surface area contributed by atoms with E-state index in [2.05, 4.69) is 31.2 Å². The van der Waals surface area contributed by atoms with Gasteiger partial charge < -0.3 is 30.7 Å². The largest absolute Gasteiger partial charge is 0.492 e. The summed E-state index contributed by atoms with van der Waals surface area (Å²) in [4.78, 5) is 60.0. The van der Waals surface area contributed by atoms with Crippen LogP contribution in [0.5, 0.6) is 11.5 Å². The van der Waals surface area contributed by atoms with E-state index in [9.17, 15) is 19.2 Å². The van der Waals surface area contributed by atoms with Crippen molar-refractivity contribution in [1.29, 1.82) is 0 Å². The molecule has 1 fully saturated rings. The van der Waals surface area contributed by atoms with E-state index in [0.717, 1.165) is 17.7 Å². The number of rotatable bonds is 4. The molecule has 0 unspecified atom stereocenters. The molecule has 3 atom stereocenters. The Balaban J connectivity index is 1.37. The molecule has 3 aliphatic heterocycles. The van der Waals surface area contributed by atoms with Crippen LogP contribution in [0.25, 0.3) is 0 Å². The molecule has 1 saturated heterocycles. The van der Waals surface area contributed by atoms with Gasteiger partial charge in [-0.25, -0.2) is 0 Å². The van der Waals surface area contributed by atoms with Gasteiger partial charge in [0.05, 0.1) is 6.54 Å². The molecule has 4 N–H and O–H groups in total. The van der Waals surface area contributed by atoms with Crippen LogP contribution in [-0.2, 0) is 32.1 Å². The molecule has 2 aromatic carbocycles. The van der Waals surface area contributed by atoms with Crippen molar-refractivity contribution < 1.29 is 28.7 Å². The molecule has 248 valence electrons. The number of likely N-dealkylation sites (tertiary alicyclic amines) is 1. The number of nitrogens with one attached hydrogen (secondary N) is 4. The minimum Gasteiger partial charge on any atom is -0.492 e. The van der Waals surface area contributed by atoms with Gasteiger partial charge in [-0.1, -0.05) is 30.3 Å². The number of ether oxygens (including phenoxy) is 2. The van der Waals surface area contributed by atoms with Gasteiger partial charge in [-0.3, -0.25) is 29.1 Å². The number of hydrogen-bond acceptors (Lipinski definition) is 8. The lowest BCUT2D eigenvalue weighted by Crippen LogP contribution is -2.61. The van der Waals surface area contributed by atoms with Crippen LogP contribution < -0.4 is 30.7 Å². The van der Waals surface area contributed by atoms with Crippen LogP contribution in [0.15, 0.2) is 79.1 Å². The molecule has 12 heteroatoms. The fourth-order valence-electron chi connectivity index (χ4n) is 5.65. The van der Waals surface area contributed by atoms with Crippen molar-refractivity contribution >= 4 is 23.6 Å². The van der Waals surface area contributed by atoms with Crippen molar-refractivity contribution in [2.24, 2.45) is 0 Å². The summed E-state index contributed by atoms with van der Waals surface area (Å²) in [6, 6.07) is 17.3. The van der Waals surface area contributed by atoms with Crippen molar-refractivity contribution in [2.45, 2.75) is 63.4 Å². The summed E-state index contributed by atoms with van der Waals surface area (Å²) in [6.07, 6.45) is 4.50. The summed E-state index contributed by atoms with van der Waals surface area (Å²) in [5.74, 6) is -0.788. The highest BCUT2D eigenvalue weighted by Gasteiger charge is 2.45. The number of nitrogens with zero attached hydrogens (tertiary/aromatic N) is 2. The molecule has 0 aliphatic carbocycles. The van der Waals surface area contributed by atoms with E-state index in [4.69, 9.17) is 9.47 Å². The van der Waals surface area contributed by atoms with Gasteiger partial charge in [0.15, 0.2) is 5.60 Å². The minimum atomic E-state index is -1.23. The third kappa shape index (κ3) is 9.07. The lowest BCUT2D eigenvalue weighted by Gasteiger charge is -2.41. The predicted molar refractivity (Wildman–Crippen MR) is 174 cm³/mol. The lowest BCUT2D eigenvalue weighted by atomic mass is 9.89. The maximum absolute atomic E-state index is 14.0. The van der Waals surface area contributed by atoms with Gasteiger partial charge >= 0.3 is 0 Å². The number of amides is 4. The summed E-state index contributed by atoms with van der Waals surface area (Å²) in [7, 11) is 0. The van der Waals surface area contributed by atoms with Crippen LogP contribution >= 0.6 is 0 Å². The molecule has 2 bridgehead atoms. The van der Waals surface area contributed by atoms with Gasteiger partial charge in [0.1, 0.15) is 36.2 Å². The molecule has 6 rings (SSSR count). The highest BCUT2D eigenvalue weighted by Crippen LogP contribution is 2.31. The zero-order valence-electron chi connectivity index (χ0n) is 26.7. The first-order valence-corrected chi connectivity index (χ1v) is 16.0. The topological polar surface area (TPSA) is 151 Å². The van der Waals surface area contributed by atoms with Crippen molar-refractivity contribution in [2.75, 3.05) is 26.2 Å². The Morgan fingerprint density at radius 3 is 2.13 bits per heavy atom. The standard InChI is InChI=1S/C35H42N6O6/c1-24-31(42)37-18-21-46-28-8-10-29(11-9-28)47-35(14-19-41(20-15-35)23-27-12-16-36-17-13-27)34(45)39-25(2)32(43)40-30(33(44)38-24)22-26-6-4-3-5-7-26/h3-13,16-17,24-25,30H,14-15,18-23H2,1-2H3,(H,37,42)(H,38,44)(H,39,45)(H,40,43)/t24-,25-,30-/m0/s1. The highest BCUT2D eigenvalue weighted by molar-refractivity contribution is 5.95. The van der Waals surface area contributed by atoms with Crippen molar-refractivity contribution in [1.82, 2.24) is 31.2 Å². The minimum absolute atomic E-state index is 0.192. The molecule has 3 aromatic rings. The Morgan fingerprint density at radius 2 is 1.43 bits per heavy atom. The van der Waals surface area contributed by atoms with E-state index in [0.29, 0.717) is 37.4 Å². The molecular weight excluding hydrogens is 600 g/mol. The Bertz CT molecular complexity index is 1510. The van der Waals surface area contributed by atoms with Gasteiger partial charge in [-0.05, 0) is 61.4 Å². The number of carbonyl (C=O) groups is 4. The molecule has 0 radical (unpaired) electrons. The summed E-state index contributed by atoms with van der Waals surface area (Å²) in [5, 5.41) is 11.1. The number of carbonyl (C=O) groups excluding carboxylic acids is 4. The summed E-state index contributed by atoms with van der Waals surface area (Å²) in [5.41, 5.74) is 0.721. The molecule has 1 spiro atoms. The quantitative estimate of drug-likeness (QED) is 0.315. The zero-order chi connectivity index (χ0) is 33.2. The second-order valence-electron chi connectivity index (χ2n) is 12.0. The maximum atomic E-state index is 14.0. The van der Waals surface area contributed by atoms with E-state index < -0.39 is 41.4 Å². The zero-order valence-corrected chi connectivity index (χ0v) is 26.7. The third-order valence-corrected chi connectivity index (χ3v) is 8.45. The van der Waals surface area contributed by atoms with E-state index >= 15 is 0 Å². The lowest BCUT2D eigenvalue weighted by molar-refractivity contribution is -0.144. The van der Waals surface area contributed by atoms with Crippen LogP contribution in [0.1, 0.15) is 37.8 Å². The first kappa shape index (κ1) is 33.4. The van der Waals surface area contributed by atoms with E-state index in [1.54, 1.807) is 50.5 Å². The Morgan fingerprint density at radius 1 is 0.766 bits per heavy atom. The predicted octanol–water partition coefficient (Wildman–Crippen LogP) is 1.74. The molecule has 1 aromatic heterocycles. The number of piperidine rings is 1. The van der Waals surface area contributed by atoms with Crippen molar-refractivity contribution in [3.63, 3.8) is 0 Å². The average Bonchev–Trinajstić information content (AvgIpc) is 3.08. The SMILES string of the molecule is C[C@@H]1NC(=O)[C@H](Cc2ccccc2)NC(=O)[C@H](C)NC(=O)C2(CCN(Cc3ccncc3)CC2)Oc2ccc(cc2)OCCNC1=O. The van der Waals surface area contributed by atoms with Gasteiger partial charge in [0.25, 0.3) is 5.91 Å². The van der Waals surface area contributed by atoms with Crippen LogP contribution in [0.2, 0.25) is 0 Å². The van der Waals surface area contributed by atoms with Gasteiger partial charge in [0.2, 0.25) is 17.7 Å². The van der Waals surface area contributed by atoms with Crippen LogP contribution in [0.4, 0.5) is 0 Å². The van der Waals surface area contributed by atoms with Crippen LogP contribution in [0, 0.1) is 0 Å². The fourth-order valence-corrected chi connectivity index (χ4v) is 5.65. The van der Waals surface area contributed by atoms with Gasteiger partial charge in [-0.2, -0.15) is 0 Å². The normalized spacial score (nSPS) is 23.0. The molecular formula is C35H42N6O6. The van der Waals surface area contributed by atoms with E-state index in [-0.39, 0.29) is 25.5 Å². The van der Waals surface area contributed by atoms with Gasteiger partial charge in [-0.15, -0.1) is 0 Å². The molecule has 4 amide bonds. The Labute approximate surface area is 274 Å². The molecule has 4 heterocycles. The molecule has 47 heavy (non-hydrogen) atoms. The third-order valence-electron chi connectivity index (χ3n) is 8.45. The molecule has 12 nitrogen and oxygen atoms in total. The highest BCUT2D eigenvalue weighted by atomic mass is 16.5. The monoisotopic (exact) mass is 642 g/mol. The smallest absolute Gasteiger partial charge is 0.264 e. The molecule has 3 aliphatic rings. The Hall–Kier alpha value is -4.97. The summed E-state index contributed by atoms with van der Waals surface area (Å²) in [6.45, 7) is 5.49. The summed E-state index contributed by atoms with van der Waals surface area (Å²) >= 11 is 0. The summed E-state index contributed by atoms with van der Waals surface area (Å²) < 4.78 is 12.2. The number of benzene rings is 2. The van der Waals surface area contributed by atoms with Crippen LogP contribution in [-0.4, -0.2) is 83.5 Å². The van der Waals surface area contributed by atoms with Crippen LogP contribution in [0.3, 0.4) is 0 Å². The average molecular weight is 643 g/mol. The van der Waals surface area contributed by atoms with Crippen molar-refractivity contribution in [3.8, 4) is 11.5 Å². The maximum Gasteiger partial charge on any atom is 0.264 e. The number of aromatic nitrogens is 1. The first-order valence-electron chi connectivity index (χ1n) is 16.0. The fraction of sp³-hybridized carbons (Fsp3) is 0.400. The molecule has 0 saturated carbocycles. The van der Waals surface area contributed by atoms with E-state index in [1.807, 2.05) is 42.5 Å². The first-order chi connectivity index (χ1) is 22.7. The van der Waals surface area contributed by atoms with Crippen molar-refractivity contribution in [3.05, 3.63) is 90.3 Å². The number of hydrogen-bond donors (Lipinski definition) is 4. The number of pyridine rings is 1. The Kier molecular flexibility index (Phi) is 11.0. The second-order valence-corrected chi connectivity index (χ2v) is 12.0.